The third-order valence-electron chi connectivity index (χ3n) is 2.53. The van der Waals surface area contributed by atoms with E-state index in [0.717, 1.165) is 0 Å². The number of hydrogen-bond donors (Lipinski definition) is 2. The lowest BCUT2D eigenvalue weighted by molar-refractivity contribution is -0.136. The van der Waals surface area contributed by atoms with E-state index in [1.807, 2.05) is 0 Å². The first-order valence-corrected chi connectivity index (χ1v) is 5.86. The van der Waals surface area contributed by atoms with Crippen molar-refractivity contribution in [1.29, 1.82) is 0 Å². The molecule has 1 rings (SSSR count). The van der Waals surface area contributed by atoms with Crippen LogP contribution in [0.15, 0.2) is 18.2 Å². The minimum atomic E-state index is -0.875. The average Bonchev–Trinajstić information content (AvgIpc) is 2.29. The molecule has 4 nitrogen and oxygen atoms in total. The van der Waals surface area contributed by atoms with Crippen molar-refractivity contribution in [2.45, 2.75) is 26.7 Å². The number of rotatable bonds is 5. The highest BCUT2D eigenvalue weighted by Gasteiger charge is 2.06. The van der Waals surface area contributed by atoms with Gasteiger partial charge in [0, 0.05) is 19.0 Å². The zero-order valence-corrected chi connectivity index (χ0v) is 10.9. The van der Waals surface area contributed by atoms with Crippen LogP contribution in [-0.4, -0.2) is 17.0 Å². The average molecular weight is 265 g/mol. The number of carboxylic acids is 1. The zero-order valence-electron chi connectivity index (χ0n) is 10.9. The fourth-order valence-corrected chi connectivity index (χ4v) is 1.57. The number of hydrogen-bond acceptors (Lipinski definition) is 2. The number of benzene rings is 1. The van der Waals surface area contributed by atoms with Gasteiger partial charge >= 0.3 is 5.97 Å². The van der Waals surface area contributed by atoms with Gasteiger partial charge in [-0.15, -0.1) is 0 Å². The first-order chi connectivity index (χ1) is 8.90. The third-order valence-corrected chi connectivity index (χ3v) is 2.53. The van der Waals surface area contributed by atoms with Crippen LogP contribution in [-0.2, 0) is 9.59 Å². The van der Waals surface area contributed by atoms with E-state index in [1.54, 1.807) is 25.1 Å². The van der Waals surface area contributed by atoms with Crippen molar-refractivity contribution in [3.05, 3.63) is 35.2 Å². The zero-order chi connectivity index (χ0) is 14.4. The molecule has 0 bridgehead atoms. The number of carbonyl (C=O) groups is 2. The van der Waals surface area contributed by atoms with Crippen LogP contribution < -0.4 is 5.32 Å². The maximum absolute atomic E-state index is 13.6. The lowest BCUT2D eigenvalue weighted by Gasteiger charge is -2.07. The molecule has 19 heavy (non-hydrogen) atoms. The van der Waals surface area contributed by atoms with E-state index in [0.29, 0.717) is 23.2 Å². The van der Waals surface area contributed by atoms with E-state index in [1.165, 1.54) is 13.0 Å². The molecule has 0 aliphatic rings. The highest BCUT2D eigenvalue weighted by atomic mass is 19.1. The summed E-state index contributed by atoms with van der Waals surface area (Å²) in [6, 6.07) is 2.91. The Morgan fingerprint density at radius 1 is 1.42 bits per heavy atom. The van der Waals surface area contributed by atoms with E-state index in [4.69, 9.17) is 5.11 Å². The molecule has 0 heterocycles. The summed E-state index contributed by atoms with van der Waals surface area (Å²) in [7, 11) is 0. The van der Waals surface area contributed by atoms with E-state index >= 15 is 0 Å². The molecule has 5 heteroatoms. The number of amides is 1. The highest BCUT2D eigenvalue weighted by Crippen LogP contribution is 2.21. The lowest BCUT2D eigenvalue weighted by atomic mass is 10.1. The molecular weight excluding hydrogens is 249 g/mol. The molecule has 102 valence electrons. The Bertz CT molecular complexity index is 524. The van der Waals surface area contributed by atoms with Crippen LogP contribution >= 0.6 is 0 Å². The van der Waals surface area contributed by atoms with Gasteiger partial charge in [-0.05, 0) is 36.6 Å². The summed E-state index contributed by atoms with van der Waals surface area (Å²) in [5.74, 6) is -1.56. The maximum Gasteiger partial charge on any atom is 0.303 e. The number of carboxylic acid groups (broad SMARTS) is 1. The van der Waals surface area contributed by atoms with Gasteiger partial charge in [0.1, 0.15) is 5.82 Å². The van der Waals surface area contributed by atoms with Crippen molar-refractivity contribution in [3.63, 3.8) is 0 Å². The molecule has 0 radical (unpaired) electrons. The quantitative estimate of drug-likeness (QED) is 0.860. The SMILES string of the molecule is CC(=O)Nc1cc(F)c(C)c(/C=C\CCC(=O)O)c1. The minimum Gasteiger partial charge on any atom is -0.481 e. The number of halogens is 1. The summed E-state index contributed by atoms with van der Waals surface area (Å²) in [6.45, 7) is 2.98. The van der Waals surface area contributed by atoms with Gasteiger partial charge in [-0.3, -0.25) is 9.59 Å². The summed E-state index contributed by atoms with van der Waals surface area (Å²) in [6.07, 6.45) is 3.74. The number of aliphatic carboxylic acids is 1. The van der Waals surface area contributed by atoms with Gasteiger partial charge in [-0.25, -0.2) is 4.39 Å². The molecule has 0 atom stereocenters. The van der Waals surface area contributed by atoms with E-state index in [-0.39, 0.29) is 12.3 Å². The van der Waals surface area contributed by atoms with Crippen LogP contribution in [0.2, 0.25) is 0 Å². The second kappa shape index (κ2) is 6.68. The Hall–Kier alpha value is -2.17. The molecule has 0 aromatic heterocycles. The second-order valence-electron chi connectivity index (χ2n) is 4.19. The first-order valence-electron chi connectivity index (χ1n) is 5.86. The lowest BCUT2D eigenvalue weighted by Crippen LogP contribution is -2.06. The Labute approximate surface area is 110 Å². The van der Waals surface area contributed by atoms with Crippen molar-refractivity contribution >= 4 is 23.6 Å². The van der Waals surface area contributed by atoms with Crippen molar-refractivity contribution < 1.29 is 19.1 Å². The Morgan fingerprint density at radius 2 is 2.11 bits per heavy atom. The number of nitrogens with one attached hydrogen (secondary N) is 1. The van der Waals surface area contributed by atoms with Crippen LogP contribution in [0.25, 0.3) is 6.08 Å². The van der Waals surface area contributed by atoms with Crippen molar-refractivity contribution in [2.75, 3.05) is 5.32 Å². The van der Waals surface area contributed by atoms with Crippen LogP contribution in [0.4, 0.5) is 10.1 Å². The predicted octanol–water partition coefficient (Wildman–Crippen LogP) is 2.97. The van der Waals surface area contributed by atoms with Gasteiger partial charge in [-0.1, -0.05) is 12.2 Å². The maximum atomic E-state index is 13.6. The molecular formula is C14H16FNO3. The minimum absolute atomic E-state index is 0.0312. The van der Waals surface area contributed by atoms with Gasteiger partial charge in [0.15, 0.2) is 0 Å². The Balaban J connectivity index is 2.89. The number of anilines is 1. The van der Waals surface area contributed by atoms with Crippen LogP contribution in [0.3, 0.4) is 0 Å². The fourth-order valence-electron chi connectivity index (χ4n) is 1.57. The molecule has 0 fully saturated rings. The number of allylic oxidation sites excluding steroid dienone is 1. The summed E-state index contributed by atoms with van der Waals surface area (Å²) < 4.78 is 13.6. The van der Waals surface area contributed by atoms with E-state index in [9.17, 15) is 14.0 Å². The topological polar surface area (TPSA) is 66.4 Å². The fraction of sp³-hybridized carbons (Fsp3) is 0.286. The van der Waals surface area contributed by atoms with Crippen molar-refractivity contribution in [3.8, 4) is 0 Å². The molecule has 1 amide bonds. The summed E-state index contributed by atoms with van der Waals surface area (Å²) in [4.78, 5) is 21.3. The van der Waals surface area contributed by atoms with Gasteiger partial charge in [0.25, 0.3) is 0 Å². The van der Waals surface area contributed by atoms with Crippen molar-refractivity contribution in [1.82, 2.24) is 0 Å². The summed E-state index contributed by atoms with van der Waals surface area (Å²) in [5, 5.41) is 11.0. The van der Waals surface area contributed by atoms with E-state index in [2.05, 4.69) is 5.32 Å². The molecule has 0 aliphatic heterocycles. The van der Waals surface area contributed by atoms with Gasteiger partial charge < -0.3 is 10.4 Å². The standard InChI is InChI=1S/C14H16FNO3/c1-9-11(5-3-4-6-14(18)19)7-12(8-13(9)15)16-10(2)17/h3,5,7-8H,4,6H2,1-2H3,(H,16,17)(H,18,19)/b5-3-. The van der Waals surface area contributed by atoms with Gasteiger partial charge in [0.2, 0.25) is 5.91 Å². The summed E-state index contributed by atoms with van der Waals surface area (Å²) in [5.41, 5.74) is 1.46. The van der Waals surface area contributed by atoms with Crippen molar-refractivity contribution in [2.24, 2.45) is 0 Å². The predicted molar refractivity (Wildman–Crippen MR) is 71.3 cm³/mol. The molecule has 0 aliphatic carbocycles. The molecule has 0 saturated heterocycles. The molecule has 2 N–H and O–H groups in total. The third kappa shape index (κ3) is 4.91. The van der Waals surface area contributed by atoms with E-state index < -0.39 is 11.8 Å². The molecule has 0 unspecified atom stereocenters. The van der Waals surface area contributed by atoms with Crippen LogP contribution in [0, 0.1) is 12.7 Å². The Kier molecular flexibility index (Phi) is 5.23. The van der Waals surface area contributed by atoms with Crippen LogP contribution in [0.1, 0.15) is 30.9 Å². The molecule has 0 spiro atoms. The summed E-state index contributed by atoms with van der Waals surface area (Å²) >= 11 is 0. The van der Waals surface area contributed by atoms with Crippen LogP contribution in [0.5, 0.6) is 0 Å². The molecule has 1 aromatic carbocycles. The monoisotopic (exact) mass is 265 g/mol. The number of carbonyl (C=O) groups excluding carboxylic acids is 1. The molecule has 1 aromatic rings. The second-order valence-corrected chi connectivity index (χ2v) is 4.19. The van der Waals surface area contributed by atoms with Gasteiger partial charge in [0.05, 0.1) is 0 Å². The largest absolute Gasteiger partial charge is 0.481 e. The Morgan fingerprint density at radius 3 is 2.68 bits per heavy atom. The normalized spacial score (nSPS) is 10.7. The van der Waals surface area contributed by atoms with Gasteiger partial charge in [-0.2, -0.15) is 0 Å². The smallest absolute Gasteiger partial charge is 0.303 e. The highest BCUT2D eigenvalue weighted by molar-refractivity contribution is 5.89. The molecule has 0 saturated carbocycles. The first kappa shape index (κ1) is 14.9.